The average Bonchev–Trinajstić information content (AvgIpc) is 2.66. The van der Waals surface area contributed by atoms with E-state index in [1.54, 1.807) is 0 Å². The molecule has 2 aromatic rings. The molecule has 92 valence electrons. The third kappa shape index (κ3) is 2.18. The second-order valence-corrected chi connectivity index (χ2v) is 4.42. The Labute approximate surface area is 107 Å². The summed E-state index contributed by atoms with van der Waals surface area (Å²) in [6, 6.07) is 8.96. The first kappa shape index (κ1) is 12.4. The van der Waals surface area contributed by atoms with E-state index in [-0.39, 0.29) is 12.4 Å². The van der Waals surface area contributed by atoms with E-state index >= 15 is 0 Å². The topological polar surface area (TPSA) is 39.9 Å². The van der Waals surface area contributed by atoms with Crippen LogP contribution in [0.5, 0.6) is 0 Å². The van der Waals surface area contributed by atoms with E-state index in [0.29, 0.717) is 6.04 Å². The molecule has 1 aliphatic rings. The van der Waals surface area contributed by atoms with Crippen molar-refractivity contribution in [1.29, 1.82) is 0 Å². The molecule has 1 aliphatic heterocycles. The molecule has 3 nitrogen and oxygen atoms in total. The third-order valence-electron chi connectivity index (χ3n) is 3.33. The van der Waals surface area contributed by atoms with Gasteiger partial charge in [-0.2, -0.15) is 0 Å². The largest absolute Gasteiger partial charge is 0.358 e. The Bertz CT molecular complexity index is 500. The van der Waals surface area contributed by atoms with Gasteiger partial charge in [0.15, 0.2) is 0 Å². The van der Waals surface area contributed by atoms with Crippen molar-refractivity contribution in [1.82, 2.24) is 15.6 Å². The predicted molar refractivity (Wildman–Crippen MR) is 73.9 cm³/mol. The number of benzene rings is 1. The molecule has 4 heteroatoms. The fourth-order valence-electron chi connectivity index (χ4n) is 2.60. The van der Waals surface area contributed by atoms with E-state index in [9.17, 15) is 0 Å². The SMILES string of the molecule is Cc1[nH]c2ccccc2c1[C@@H]1CNCCN1.Cl. The molecule has 0 radical (unpaired) electrons. The molecule has 1 aromatic carbocycles. The quantitative estimate of drug-likeness (QED) is 0.727. The van der Waals surface area contributed by atoms with Gasteiger partial charge < -0.3 is 15.6 Å². The molecule has 1 fully saturated rings. The summed E-state index contributed by atoms with van der Waals surface area (Å²) in [7, 11) is 0. The molecule has 0 spiro atoms. The number of aryl methyl sites for hydroxylation is 1. The highest BCUT2D eigenvalue weighted by Gasteiger charge is 2.19. The van der Waals surface area contributed by atoms with Crippen molar-refractivity contribution in [2.75, 3.05) is 19.6 Å². The first-order chi connectivity index (χ1) is 7.86. The lowest BCUT2D eigenvalue weighted by Gasteiger charge is -2.25. The van der Waals surface area contributed by atoms with Gasteiger partial charge in [0.2, 0.25) is 0 Å². The summed E-state index contributed by atoms with van der Waals surface area (Å²) < 4.78 is 0. The number of aromatic amines is 1. The number of aromatic nitrogens is 1. The van der Waals surface area contributed by atoms with Gasteiger partial charge in [0.1, 0.15) is 0 Å². The maximum atomic E-state index is 3.57. The maximum absolute atomic E-state index is 3.57. The third-order valence-corrected chi connectivity index (χ3v) is 3.33. The van der Waals surface area contributed by atoms with E-state index in [1.165, 1.54) is 22.2 Å². The Hall–Kier alpha value is -1.03. The number of halogens is 1. The molecule has 0 unspecified atom stereocenters. The Morgan fingerprint density at radius 1 is 1.18 bits per heavy atom. The van der Waals surface area contributed by atoms with Gasteiger partial charge in [-0.3, -0.25) is 0 Å². The van der Waals surface area contributed by atoms with Gasteiger partial charge >= 0.3 is 0 Å². The average molecular weight is 252 g/mol. The van der Waals surface area contributed by atoms with E-state index in [1.807, 2.05) is 0 Å². The van der Waals surface area contributed by atoms with Gasteiger partial charge in [-0.25, -0.2) is 0 Å². The summed E-state index contributed by atoms with van der Waals surface area (Å²) in [5, 5.41) is 8.36. The predicted octanol–water partition coefficient (Wildman–Crippen LogP) is 2.13. The molecule has 1 atom stereocenters. The summed E-state index contributed by atoms with van der Waals surface area (Å²) >= 11 is 0. The van der Waals surface area contributed by atoms with E-state index in [4.69, 9.17) is 0 Å². The van der Waals surface area contributed by atoms with Gasteiger partial charge in [0.05, 0.1) is 0 Å². The van der Waals surface area contributed by atoms with Gasteiger partial charge in [-0.1, -0.05) is 18.2 Å². The second-order valence-electron chi connectivity index (χ2n) is 4.42. The number of hydrogen-bond acceptors (Lipinski definition) is 2. The Morgan fingerprint density at radius 3 is 2.76 bits per heavy atom. The minimum atomic E-state index is 0. The van der Waals surface area contributed by atoms with Gasteiger partial charge in [-0.05, 0) is 18.6 Å². The van der Waals surface area contributed by atoms with Crippen molar-refractivity contribution in [2.45, 2.75) is 13.0 Å². The molecule has 0 aliphatic carbocycles. The lowest BCUT2D eigenvalue weighted by atomic mass is 10.0. The summed E-state index contributed by atoms with van der Waals surface area (Å²) in [5.74, 6) is 0. The number of fused-ring (bicyclic) bond motifs is 1. The van der Waals surface area contributed by atoms with Crippen LogP contribution in [0.1, 0.15) is 17.3 Å². The smallest absolute Gasteiger partial charge is 0.0471 e. The van der Waals surface area contributed by atoms with Gasteiger partial charge in [0.25, 0.3) is 0 Å². The molecule has 3 N–H and O–H groups in total. The van der Waals surface area contributed by atoms with E-state index in [0.717, 1.165) is 19.6 Å². The van der Waals surface area contributed by atoms with Crippen LogP contribution in [0.25, 0.3) is 10.9 Å². The van der Waals surface area contributed by atoms with Crippen molar-refractivity contribution in [3.63, 3.8) is 0 Å². The van der Waals surface area contributed by atoms with Crippen LogP contribution in [0, 0.1) is 6.92 Å². The van der Waals surface area contributed by atoms with Crippen molar-refractivity contribution >= 4 is 23.3 Å². The molecule has 0 saturated carbocycles. The summed E-state index contributed by atoms with van der Waals surface area (Å²) in [6.07, 6.45) is 0. The minimum absolute atomic E-state index is 0. The Kier molecular flexibility index (Phi) is 3.72. The summed E-state index contributed by atoms with van der Waals surface area (Å²) in [5.41, 5.74) is 3.94. The molecule has 2 heterocycles. The van der Waals surface area contributed by atoms with Gasteiger partial charge in [-0.15, -0.1) is 12.4 Å². The number of piperazine rings is 1. The summed E-state index contributed by atoms with van der Waals surface area (Å²) in [6.45, 7) is 5.29. The van der Waals surface area contributed by atoms with Crippen LogP contribution in [-0.2, 0) is 0 Å². The zero-order chi connectivity index (χ0) is 11.0. The Balaban J connectivity index is 0.00000108. The van der Waals surface area contributed by atoms with Gasteiger partial charge in [0, 0.05) is 42.3 Å². The number of para-hydroxylation sites is 1. The van der Waals surface area contributed by atoms with Crippen molar-refractivity contribution in [2.24, 2.45) is 0 Å². The van der Waals surface area contributed by atoms with Crippen LogP contribution < -0.4 is 10.6 Å². The highest BCUT2D eigenvalue weighted by Crippen LogP contribution is 2.27. The molecule has 3 rings (SSSR count). The van der Waals surface area contributed by atoms with Crippen LogP contribution in [0.3, 0.4) is 0 Å². The van der Waals surface area contributed by atoms with Crippen molar-refractivity contribution in [3.8, 4) is 0 Å². The number of rotatable bonds is 1. The summed E-state index contributed by atoms with van der Waals surface area (Å²) in [4.78, 5) is 3.46. The lowest BCUT2D eigenvalue weighted by molar-refractivity contribution is 0.431. The monoisotopic (exact) mass is 251 g/mol. The molecule has 1 aromatic heterocycles. The normalized spacial score (nSPS) is 20.2. The first-order valence-corrected chi connectivity index (χ1v) is 5.87. The van der Waals surface area contributed by atoms with Crippen LogP contribution in [0.15, 0.2) is 24.3 Å². The highest BCUT2D eigenvalue weighted by atomic mass is 35.5. The zero-order valence-electron chi connectivity index (χ0n) is 9.92. The number of hydrogen-bond donors (Lipinski definition) is 3. The molecule has 0 bridgehead atoms. The van der Waals surface area contributed by atoms with Crippen molar-refractivity contribution in [3.05, 3.63) is 35.5 Å². The zero-order valence-corrected chi connectivity index (χ0v) is 10.7. The molecular formula is C13H18ClN3. The fourth-order valence-corrected chi connectivity index (χ4v) is 2.60. The molecule has 17 heavy (non-hydrogen) atoms. The fraction of sp³-hybridized carbons (Fsp3) is 0.385. The van der Waals surface area contributed by atoms with Crippen LogP contribution in [-0.4, -0.2) is 24.6 Å². The van der Waals surface area contributed by atoms with Crippen LogP contribution >= 0.6 is 12.4 Å². The lowest BCUT2D eigenvalue weighted by Crippen LogP contribution is -2.42. The second kappa shape index (κ2) is 5.08. The molecule has 0 amide bonds. The Morgan fingerprint density at radius 2 is 2.00 bits per heavy atom. The maximum Gasteiger partial charge on any atom is 0.0471 e. The van der Waals surface area contributed by atoms with Crippen LogP contribution in [0.4, 0.5) is 0 Å². The molecule has 1 saturated heterocycles. The van der Waals surface area contributed by atoms with Crippen LogP contribution in [0.2, 0.25) is 0 Å². The number of H-pyrrole nitrogens is 1. The number of nitrogens with one attached hydrogen (secondary N) is 3. The first-order valence-electron chi connectivity index (χ1n) is 5.87. The minimum Gasteiger partial charge on any atom is -0.358 e. The van der Waals surface area contributed by atoms with Crippen molar-refractivity contribution < 1.29 is 0 Å². The molecular weight excluding hydrogens is 234 g/mol. The van der Waals surface area contributed by atoms with E-state index in [2.05, 4.69) is 46.8 Å². The highest BCUT2D eigenvalue weighted by molar-refractivity contribution is 5.85. The van der Waals surface area contributed by atoms with E-state index < -0.39 is 0 Å². The standard InChI is InChI=1S/C13H17N3.ClH/c1-9-13(12-8-14-6-7-15-12)10-4-2-3-5-11(10)16-9;/h2-5,12,14-16H,6-8H2,1H3;1H/t12-;/m0./s1.